The zero-order valence-electron chi connectivity index (χ0n) is 17.0. The molecule has 0 fully saturated rings. The smallest absolute Gasteiger partial charge is 0.243 e. The highest BCUT2D eigenvalue weighted by molar-refractivity contribution is 7.89. The van der Waals surface area contributed by atoms with E-state index in [-0.39, 0.29) is 11.4 Å². The Hall–Kier alpha value is -3.43. The minimum Gasteiger partial charge on any atom is -0.486 e. The van der Waals surface area contributed by atoms with E-state index in [1.807, 2.05) is 6.07 Å². The Morgan fingerprint density at radius 2 is 1.62 bits per heavy atom. The van der Waals surface area contributed by atoms with Crippen LogP contribution in [0, 0.1) is 5.82 Å². The number of hydrogen-bond acceptors (Lipinski definition) is 5. The largest absolute Gasteiger partial charge is 0.486 e. The summed E-state index contributed by atoms with van der Waals surface area (Å²) < 4.78 is 51.8. The summed E-state index contributed by atoms with van der Waals surface area (Å²) >= 11 is 0. The fourth-order valence-corrected chi connectivity index (χ4v) is 4.63. The van der Waals surface area contributed by atoms with Gasteiger partial charge in [0.15, 0.2) is 11.5 Å². The third kappa shape index (κ3) is 5.06. The molecule has 1 heterocycles. The maximum Gasteiger partial charge on any atom is 0.243 e. The molecule has 32 heavy (non-hydrogen) atoms. The third-order valence-corrected chi connectivity index (χ3v) is 6.60. The molecule has 0 bridgehead atoms. The standard InChI is InChI=1S/C23H21FN2O5S/c24-18-6-9-20(10-7-18)32(28,29)26(15-17-4-2-1-3-5-17)16-23(27)25-19-8-11-21-22(14-19)31-13-12-30-21/h1-11,14H,12-13,15-16H2,(H,25,27). The highest BCUT2D eigenvalue weighted by Crippen LogP contribution is 2.32. The lowest BCUT2D eigenvalue weighted by Gasteiger charge is -2.22. The van der Waals surface area contributed by atoms with E-state index in [4.69, 9.17) is 9.47 Å². The molecule has 0 aromatic heterocycles. The van der Waals surface area contributed by atoms with E-state index in [9.17, 15) is 17.6 Å². The van der Waals surface area contributed by atoms with Crippen LogP contribution in [0.1, 0.15) is 5.56 Å². The number of ether oxygens (including phenoxy) is 2. The number of amides is 1. The van der Waals surface area contributed by atoms with Gasteiger partial charge in [-0.25, -0.2) is 12.8 Å². The lowest BCUT2D eigenvalue weighted by molar-refractivity contribution is -0.116. The number of nitrogens with one attached hydrogen (secondary N) is 1. The first kappa shape index (κ1) is 21.8. The molecular weight excluding hydrogens is 435 g/mol. The van der Waals surface area contributed by atoms with Crippen LogP contribution in [0.2, 0.25) is 0 Å². The van der Waals surface area contributed by atoms with Crippen molar-refractivity contribution in [1.82, 2.24) is 4.31 Å². The Morgan fingerprint density at radius 3 is 2.34 bits per heavy atom. The van der Waals surface area contributed by atoms with Crippen molar-refractivity contribution < 1.29 is 27.1 Å². The van der Waals surface area contributed by atoms with E-state index in [1.165, 1.54) is 12.1 Å². The zero-order valence-corrected chi connectivity index (χ0v) is 17.8. The minimum atomic E-state index is -4.06. The fourth-order valence-electron chi connectivity index (χ4n) is 3.25. The van der Waals surface area contributed by atoms with Crippen molar-refractivity contribution in [3.8, 4) is 11.5 Å². The molecule has 0 saturated heterocycles. The molecule has 1 N–H and O–H groups in total. The predicted octanol–water partition coefficient (Wildman–Crippen LogP) is 3.43. The number of carbonyl (C=O) groups is 1. The molecule has 0 aliphatic carbocycles. The number of carbonyl (C=O) groups excluding carboxylic acids is 1. The average Bonchev–Trinajstić information content (AvgIpc) is 2.79. The van der Waals surface area contributed by atoms with Crippen molar-refractivity contribution in [1.29, 1.82) is 0 Å². The molecule has 3 aromatic carbocycles. The Balaban J connectivity index is 1.55. The Morgan fingerprint density at radius 1 is 0.938 bits per heavy atom. The minimum absolute atomic E-state index is 0.0187. The lowest BCUT2D eigenvalue weighted by Crippen LogP contribution is -2.37. The van der Waals surface area contributed by atoms with Crippen molar-refractivity contribution >= 4 is 21.6 Å². The van der Waals surface area contributed by atoms with Crippen LogP contribution in [0.5, 0.6) is 11.5 Å². The number of halogens is 1. The molecule has 4 rings (SSSR count). The van der Waals surface area contributed by atoms with Gasteiger partial charge < -0.3 is 14.8 Å². The van der Waals surface area contributed by atoms with Crippen LogP contribution in [0.4, 0.5) is 10.1 Å². The maximum absolute atomic E-state index is 13.3. The second-order valence-corrected chi connectivity index (χ2v) is 9.06. The SMILES string of the molecule is O=C(CN(Cc1ccccc1)S(=O)(=O)c1ccc(F)cc1)Nc1ccc2c(c1)OCCO2. The van der Waals surface area contributed by atoms with E-state index >= 15 is 0 Å². The second kappa shape index (κ2) is 9.37. The normalized spacial score (nSPS) is 13.1. The predicted molar refractivity (Wildman–Crippen MR) is 116 cm³/mol. The summed E-state index contributed by atoms with van der Waals surface area (Å²) in [5.74, 6) is 0.0196. The molecule has 9 heteroatoms. The molecule has 7 nitrogen and oxygen atoms in total. The molecule has 1 aliphatic rings. The van der Waals surface area contributed by atoms with Crippen LogP contribution < -0.4 is 14.8 Å². The number of fused-ring (bicyclic) bond motifs is 1. The van der Waals surface area contributed by atoms with Crippen LogP contribution in [-0.2, 0) is 21.4 Å². The number of sulfonamides is 1. The van der Waals surface area contributed by atoms with E-state index in [1.54, 1.807) is 42.5 Å². The lowest BCUT2D eigenvalue weighted by atomic mass is 10.2. The van der Waals surface area contributed by atoms with Gasteiger partial charge in [-0.15, -0.1) is 0 Å². The van der Waals surface area contributed by atoms with Gasteiger partial charge in [-0.1, -0.05) is 30.3 Å². The van der Waals surface area contributed by atoms with Crippen LogP contribution in [0.25, 0.3) is 0 Å². The Labute approximate surface area is 185 Å². The summed E-state index contributed by atoms with van der Waals surface area (Å²) in [4.78, 5) is 12.7. The quantitative estimate of drug-likeness (QED) is 0.589. The van der Waals surface area contributed by atoms with Crippen LogP contribution in [0.3, 0.4) is 0 Å². The topological polar surface area (TPSA) is 84.9 Å². The van der Waals surface area contributed by atoms with Crippen molar-refractivity contribution in [2.24, 2.45) is 0 Å². The van der Waals surface area contributed by atoms with Crippen molar-refractivity contribution in [2.45, 2.75) is 11.4 Å². The second-order valence-electron chi connectivity index (χ2n) is 7.12. The fraction of sp³-hybridized carbons (Fsp3) is 0.174. The van der Waals surface area contributed by atoms with E-state index in [0.29, 0.717) is 36.0 Å². The molecule has 1 amide bonds. The molecule has 3 aromatic rings. The van der Waals surface area contributed by atoms with Gasteiger partial charge in [0, 0.05) is 18.3 Å². The molecule has 0 saturated carbocycles. The number of nitrogens with zero attached hydrogens (tertiary/aromatic N) is 1. The molecule has 0 atom stereocenters. The molecule has 0 unspecified atom stereocenters. The highest BCUT2D eigenvalue weighted by atomic mass is 32.2. The Kier molecular flexibility index (Phi) is 6.38. The summed E-state index contributed by atoms with van der Waals surface area (Å²) in [5, 5.41) is 2.70. The summed E-state index contributed by atoms with van der Waals surface area (Å²) in [6.07, 6.45) is 0. The first-order chi connectivity index (χ1) is 15.4. The van der Waals surface area contributed by atoms with Crippen molar-refractivity contribution in [3.05, 3.63) is 84.2 Å². The summed E-state index contributed by atoms with van der Waals surface area (Å²) in [7, 11) is -4.06. The van der Waals surface area contributed by atoms with Crippen molar-refractivity contribution in [3.63, 3.8) is 0 Å². The van der Waals surface area contributed by atoms with Crippen LogP contribution in [-0.4, -0.2) is 38.4 Å². The number of anilines is 1. The van der Waals surface area contributed by atoms with E-state index in [2.05, 4.69) is 5.32 Å². The Bertz CT molecular complexity index is 1200. The van der Waals surface area contributed by atoms with Gasteiger partial charge in [-0.05, 0) is 42.0 Å². The number of benzene rings is 3. The summed E-state index contributed by atoms with van der Waals surface area (Å²) in [6, 6.07) is 18.4. The van der Waals surface area contributed by atoms with E-state index in [0.717, 1.165) is 16.4 Å². The third-order valence-electron chi connectivity index (χ3n) is 4.80. The van der Waals surface area contributed by atoms with Crippen molar-refractivity contribution in [2.75, 3.05) is 25.1 Å². The first-order valence-corrected chi connectivity index (χ1v) is 11.3. The van der Waals surface area contributed by atoms with Gasteiger partial charge in [-0.2, -0.15) is 4.31 Å². The van der Waals surface area contributed by atoms with Gasteiger partial charge in [0.1, 0.15) is 19.0 Å². The molecule has 166 valence electrons. The zero-order chi connectivity index (χ0) is 22.6. The van der Waals surface area contributed by atoms with Gasteiger partial charge >= 0.3 is 0 Å². The van der Waals surface area contributed by atoms with Crippen LogP contribution >= 0.6 is 0 Å². The summed E-state index contributed by atoms with van der Waals surface area (Å²) in [5.41, 5.74) is 1.17. The van der Waals surface area contributed by atoms with Gasteiger partial charge in [0.2, 0.25) is 15.9 Å². The molecule has 1 aliphatic heterocycles. The molecule has 0 spiro atoms. The highest BCUT2D eigenvalue weighted by Gasteiger charge is 2.27. The first-order valence-electron chi connectivity index (χ1n) is 9.91. The monoisotopic (exact) mass is 456 g/mol. The maximum atomic E-state index is 13.3. The number of rotatable bonds is 7. The average molecular weight is 456 g/mol. The van der Waals surface area contributed by atoms with Gasteiger partial charge in [0.05, 0.1) is 11.4 Å². The number of hydrogen-bond donors (Lipinski definition) is 1. The molecular formula is C23H21FN2O5S. The van der Waals surface area contributed by atoms with Gasteiger partial charge in [0.25, 0.3) is 0 Å². The summed E-state index contributed by atoms with van der Waals surface area (Å²) in [6.45, 7) is 0.414. The molecule has 0 radical (unpaired) electrons. The van der Waals surface area contributed by atoms with E-state index < -0.39 is 28.3 Å². The van der Waals surface area contributed by atoms with Crippen LogP contribution in [0.15, 0.2) is 77.7 Å². The van der Waals surface area contributed by atoms with Gasteiger partial charge in [-0.3, -0.25) is 4.79 Å².